The molecule has 1 atom stereocenters. The Morgan fingerprint density at radius 1 is 1.19 bits per heavy atom. The maximum atomic E-state index is 9.64. The summed E-state index contributed by atoms with van der Waals surface area (Å²) in [7, 11) is 0. The molecule has 0 aliphatic rings. The van der Waals surface area contributed by atoms with E-state index in [0.29, 0.717) is 25.7 Å². The van der Waals surface area contributed by atoms with Gasteiger partial charge in [-0.2, -0.15) is 0 Å². The van der Waals surface area contributed by atoms with Crippen molar-refractivity contribution in [2.24, 2.45) is 5.92 Å². The van der Waals surface area contributed by atoms with Crippen molar-refractivity contribution in [2.75, 3.05) is 25.1 Å². The molecule has 3 heteroatoms. The largest absolute Gasteiger partial charge is 0.389 e. The molecule has 0 spiro atoms. The highest BCUT2D eigenvalue weighted by molar-refractivity contribution is 5.42. The fraction of sp³-hybridized carbons (Fsp3) is 0.538. The first-order valence-electron chi connectivity index (χ1n) is 5.73. The number of hydrogen-bond acceptors (Lipinski definition) is 3. The van der Waals surface area contributed by atoms with E-state index in [1.165, 1.54) is 0 Å². The minimum atomic E-state index is -0.459. The average molecular weight is 223 g/mol. The van der Waals surface area contributed by atoms with E-state index in [1.807, 2.05) is 30.3 Å². The van der Waals surface area contributed by atoms with Gasteiger partial charge in [-0.3, -0.25) is 0 Å². The SMILES string of the molecule is CC(C)COCC(O)CNc1ccccc1. The normalized spacial score (nSPS) is 12.8. The minimum Gasteiger partial charge on any atom is -0.389 e. The Morgan fingerprint density at radius 2 is 1.88 bits per heavy atom. The Kier molecular flexibility index (Phi) is 5.90. The number of hydrogen-bond donors (Lipinski definition) is 2. The summed E-state index contributed by atoms with van der Waals surface area (Å²) in [6.45, 7) is 5.78. The number of para-hydroxylation sites is 1. The monoisotopic (exact) mass is 223 g/mol. The Balaban J connectivity index is 2.13. The molecule has 0 fully saturated rings. The highest BCUT2D eigenvalue weighted by atomic mass is 16.5. The summed E-state index contributed by atoms with van der Waals surface area (Å²) in [5.74, 6) is 0.509. The third-order valence-electron chi connectivity index (χ3n) is 2.08. The quantitative estimate of drug-likeness (QED) is 0.744. The van der Waals surface area contributed by atoms with Gasteiger partial charge in [-0.1, -0.05) is 32.0 Å². The molecule has 1 unspecified atom stereocenters. The lowest BCUT2D eigenvalue weighted by molar-refractivity contribution is 0.0318. The first kappa shape index (κ1) is 13.0. The number of benzene rings is 1. The van der Waals surface area contributed by atoms with Crippen molar-refractivity contribution < 1.29 is 9.84 Å². The van der Waals surface area contributed by atoms with Crippen LogP contribution in [-0.4, -0.2) is 31.0 Å². The van der Waals surface area contributed by atoms with E-state index in [0.717, 1.165) is 5.69 Å². The standard InChI is InChI=1S/C13H21NO2/c1-11(2)9-16-10-13(15)8-14-12-6-4-3-5-7-12/h3-7,11,13-15H,8-10H2,1-2H3. The van der Waals surface area contributed by atoms with Crippen LogP contribution < -0.4 is 5.32 Å². The molecule has 0 aliphatic carbocycles. The molecule has 0 saturated heterocycles. The lowest BCUT2D eigenvalue weighted by Gasteiger charge is -2.14. The Bertz CT molecular complexity index is 275. The van der Waals surface area contributed by atoms with E-state index in [9.17, 15) is 5.11 Å². The highest BCUT2D eigenvalue weighted by Crippen LogP contribution is 2.04. The van der Waals surface area contributed by atoms with E-state index < -0.39 is 6.10 Å². The fourth-order valence-electron chi connectivity index (χ4n) is 1.29. The maximum Gasteiger partial charge on any atom is 0.0945 e. The maximum absolute atomic E-state index is 9.64. The number of rotatable bonds is 7. The van der Waals surface area contributed by atoms with Crippen LogP contribution in [0.5, 0.6) is 0 Å². The Labute approximate surface area is 97.4 Å². The minimum absolute atomic E-state index is 0.387. The molecule has 3 nitrogen and oxygen atoms in total. The molecule has 0 amide bonds. The van der Waals surface area contributed by atoms with E-state index in [2.05, 4.69) is 19.2 Å². The third-order valence-corrected chi connectivity index (χ3v) is 2.08. The van der Waals surface area contributed by atoms with Gasteiger partial charge in [0.05, 0.1) is 12.7 Å². The number of ether oxygens (including phenoxy) is 1. The second-order valence-corrected chi connectivity index (χ2v) is 4.33. The molecule has 2 N–H and O–H groups in total. The van der Waals surface area contributed by atoms with E-state index >= 15 is 0 Å². The lowest BCUT2D eigenvalue weighted by atomic mass is 10.2. The van der Waals surface area contributed by atoms with Gasteiger partial charge < -0.3 is 15.2 Å². The molecule has 0 aromatic heterocycles. The first-order chi connectivity index (χ1) is 7.68. The molecule has 16 heavy (non-hydrogen) atoms. The summed E-state index contributed by atoms with van der Waals surface area (Å²) >= 11 is 0. The molecule has 0 heterocycles. The van der Waals surface area contributed by atoms with Crippen LogP contribution in [0.3, 0.4) is 0 Å². The molecule has 90 valence electrons. The molecule has 0 bridgehead atoms. The van der Waals surface area contributed by atoms with E-state index in [4.69, 9.17) is 4.74 Å². The molecule has 0 radical (unpaired) electrons. The van der Waals surface area contributed by atoms with Crippen LogP contribution in [0.15, 0.2) is 30.3 Å². The Morgan fingerprint density at radius 3 is 2.50 bits per heavy atom. The van der Waals surface area contributed by atoms with Gasteiger partial charge in [0.1, 0.15) is 0 Å². The summed E-state index contributed by atoms with van der Waals surface area (Å²) in [6.07, 6.45) is -0.459. The topological polar surface area (TPSA) is 41.5 Å². The fourth-order valence-corrected chi connectivity index (χ4v) is 1.29. The summed E-state index contributed by atoms with van der Waals surface area (Å²) < 4.78 is 5.36. The predicted octanol–water partition coefficient (Wildman–Crippen LogP) is 2.13. The van der Waals surface area contributed by atoms with Crippen molar-refractivity contribution >= 4 is 5.69 Å². The molecular weight excluding hydrogens is 202 g/mol. The van der Waals surface area contributed by atoms with Crippen molar-refractivity contribution in [3.05, 3.63) is 30.3 Å². The van der Waals surface area contributed by atoms with Gasteiger partial charge >= 0.3 is 0 Å². The van der Waals surface area contributed by atoms with Gasteiger partial charge in [-0.05, 0) is 18.1 Å². The smallest absolute Gasteiger partial charge is 0.0945 e. The number of anilines is 1. The van der Waals surface area contributed by atoms with Gasteiger partial charge in [-0.15, -0.1) is 0 Å². The van der Waals surface area contributed by atoms with Crippen LogP contribution in [0.4, 0.5) is 5.69 Å². The van der Waals surface area contributed by atoms with Gasteiger partial charge in [0.2, 0.25) is 0 Å². The summed E-state index contributed by atoms with van der Waals surface area (Å²) in [4.78, 5) is 0. The Hall–Kier alpha value is -1.06. The lowest BCUT2D eigenvalue weighted by Crippen LogP contribution is -2.25. The zero-order chi connectivity index (χ0) is 11.8. The van der Waals surface area contributed by atoms with E-state index in [-0.39, 0.29) is 0 Å². The summed E-state index contributed by atoms with van der Waals surface area (Å²) in [5.41, 5.74) is 1.02. The number of nitrogens with one attached hydrogen (secondary N) is 1. The molecule has 1 aromatic carbocycles. The van der Waals surface area contributed by atoms with Crippen LogP contribution in [0.1, 0.15) is 13.8 Å². The van der Waals surface area contributed by atoms with Crippen LogP contribution in [0, 0.1) is 5.92 Å². The van der Waals surface area contributed by atoms with Gasteiger partial charge in [0.25, 0.3) is 0 Å². The second kappa shape index (κ2) is 7.25. The zero-order valence-electron chi connectivity index (χ0n) is 10.0. The predicted molar refractivity (Wildman–Crippen MR) is 66.6 cm³/mol. The van der Waals surface area contributed by atoms with Crippen molar-refractivity contribution in [3.8, 4) is 0 Å². The van der Waals surface area contributed by atoms with Crippen LogP contribution >= 0.6 is 0 Å². The number of aliphatic hydroxyl groups excluding tert-OH is 1. The van der Waals surface area contributed by atoms with Gasteiger partial charge in [0, 0.05) is 18.8 Å². The summed E-state index contributed by atoms with van der Waals surface area (Å²) in [6, 6.07) is 9.84. The molecule has 0 saturated carbocycles. The van der Waals surface area contributed by atoms with Gasteiger partial charge in [0.15, 0.2) is 0 Å². The molecule has 0 aliphatic heterocycles. The number of aliphatic hydroxyl groups is 1. The van der Waals surface area contributed by atoms with Crippen molar-refractivity contribution in [2.45, 2.75) is 20.0 Å². The van der Waals surface area contributed by atoms with Crippen molar-refractivity contribution in [3.63, 3.8) is 0 Å². The van der Waals surface area contributed by atoms with E-state index in [1.54, 1.807) is 0 Å². The average Bonchev–Trinajstić information content (AvgIpc) is 2.27. The zero-order valence-corrected chi connectivity index (χ0v) is 10.0. The van der Waals surface area contributed by atoms with Crippen molar-refractivity contribution in [1.29, 1.82) is 0 Å². The molecular formula is C13H21NO2. The highest BCUT2D eigenvalue weighted by Gasteiger charge is 2.04. The first-order valence-corrected chi connectivity index (χ1v) is 5.73. The second-order valence-electron chi connectivity index (χ2n) is 4.33. The van der Waals surface area contributed by atoms with Crippen LogP contribution in [0.2, 0.25) is 0 Å². The third kappa shape index (κ3) is 5.73. The van der Waals surface area contributed by atoms with Crippen molar-refractivity contribution in [1.82, 2.24) is 0 Å². The van der Waals surface area contributed by atoms with Crippen LogP contribution in [0.25, 0.3) is 0 Å². The van der Waals surface area contributed by atoms with Crippen LogP contribution in [-0.2, 0) is 4.74 Å². The van der Waals surface area contributed by atoms with Gasteiger partial charge in [-0.25, -0.2) is 0 Å². The summed E-state index contributed by atoms with van der Waals surface area (Å²) in [5, 5.41) is 12.8. The molecule has 1 aromatic rings. The molecule has 1 rings (SSSR count).